The first kappa shape index (κ1) is 18.0. The van der Waals surface area contributed by atoms with Crippen molar-refractivity contribution in [3.05, 3.63) is 0 Å². The highest BCUT2D eigenvalue weighted by atomic mass is 16.3. The lowest BCUT2D eigenvalue weighted by Gasteiger charge is -2.62. The summed E-state index contributed by atoms with van der Waals surface area (Å²) in [6, 6.07) is 0. The van der Waals surface area contributed by atoms with Crippen LogP contribution in [-0.4, -0.2) is 22.5 Å². The molecule has 4 fully saturated rings. The Labute approximate surface area is 153 Å². The zero-order valence-corrected chi connectivity index (χ0v) is 16.4. The van der Waals surface area contributed by atoms with Crippen LogP contribution in [0, 0.1) is 34.5 Å². The van der Waals surface area contributed by atoms with E-state index >= 15 is 0 Å². The van der Waals surface area contributed by atoms with Crippen molar-refractivity contribution in [3.8, 4) is 0 Å². The number of rotatable bonds is 2. The SMILES string of the molecule is CC(=O)CC1(N)CCC2C3CC[C@H]4C[C@H](O)CCC4(C)C3CC[C@@]21C. The van der Waals surface area contributed by atoms with Crippen LogP contribution in [0.3, 0.4) is 0 Å². The first-order valence-corrected chi connectivity index (χ1v) is 10.7. The molecule has 0 bridgehead atoms. The van der Waals surface area contributed by atoms with Crippen molar-refractivity contribution in [1.82, 2.24) is 0 Å². The number of ketones is 1. The van der Waals surface area contributed by atoms with E-state index in [0.29, 0.717) is 23.7 Å². The molecule has 0 aliphatic heterocycles. The van der Waals surface area contributed by atoms with E-state index in [4.69, 9.17) is 5.73 Å². The first-order valence-electron chi connectivity index (χ1n) is 10.7. The Bertz CT molecular complexity index is 562. The van der Waals surface area contributed by atoms with E-state index in [0.717, 1.165) is 31.1 Å². The van der Waals surface area contributed by atoms with E-state index in [2.05, 4.69) is 13.8 Å². The lowest BCUT2D eigenvalue weighted by atomic mass is 9.44. The van der Waals surface area contributed by atoms with Crippen molar-refractivity contribution in [1.29, 1.82) is 0 Å². The number of fused-ring (bicyclic) bond motifs is 5. The maximum absolute atomic E-state index is 11.9. The van der Waals surface area contributed by atoms with E-state index in [-0.39, 0.29) is 22.8 Å². The largest absolute Gasteiger partial charge is 0.393 e. The molecule has 0 saturated heterocycles. The van der Waals surface area contributed by atoms with Crippen LogP contribution in [-0.2, 0) is 4.79 Å². The van der Waals surface area contributed by atoms with Crippen molar-refractivity contribution >= 4 is 5.78 Å². The number of hydrogen-bond acceptors (Lipinski definition) is 3. The third-order valence-corrected chi connectivity index (χ3v) is 9.63. The second kappa shape index (κ2) is 5.79. The van der Waals surface area contributed by atoms with Crippen LogP contribution in [0.25, 0.3) is 0 Å². The maximum atomic E-state index is 11.9. The molecule has 3 heteroatoms. The number of hydrogen-bond donors (Lipinski definition) is 2. The standard InChI is InChI=1S/C22H37NO2/c1-14(24)13-22(23)11-8-19-17-5-4-15-12-16(25)6-9-20(15,2)18(17)7-10-21(19,22)3/h15-19,25H,4-13,23H2,1-3H3/t15-,16+,17?,18?,19?,20?,21-,22?/m0/s1. The average Bonchev–Trinajstić information content (AvgIpc) is 2.79. The summed E-state index contributed by atoms with van der Waals surface area (Å²) >= 11 is 0. The Kier molecular flexibility index (Phi) is 4.16. The van der Waals surface area contributed by atoms with Gasteiger partial charge in [0.2, 0.25) is 0 Å². The number of Topliss-reactive ketones (excluding diaryl/α,β-unsaturated/α-hetero) is 1. The highest BCUT2D eigenvalue weighted by Gasteiger charge is 2.63. The zero-order chi connectivity index (χ0) is 18.0. The molecule has 4 aliphatic carbocycles. The molecule has 4 rings (SSSR count). The average molecular weight is 348 g/mol. The van der Waals surface area contributed by atoms with Gasteiger partial charge in [-0.1, -0.05) is 13.8 Å². The molecule has 0 aromatic heterocycles. The molecule has 8 atom stereocenters. The molecule has 0 radical (unpaired) electrons. The van der Waals surface area contributed by atoms with E-state index in [1.54, 1.807) is 6.92 Å². The molecule has 25 heavy (non-hydrogen) atoms. The molecule has 0 amide bonds. The third-order valence-electron chi connectivity index (χ3n) is 9.63. The van der Waals surface area contributed by atoms with Gasteiger partial charge in [0.15, 0.2) is 0 Å². The van der Waals surface area contributed by atoms with Crippen molar-refractivity contribution in [3.63, 3.8) is 0 Å². The van der Waals surface area contributed by atoms with Crippen LogP contribution in [0.2, 0.25) is 0 Å². The summed E-state index contributed by atoms with van der Waals surface area (Å²) < 4.78 is 0. The van der Waals surface area contributed by atoms with E-state index < -0.39 is 0 Å². The normalized spacial score (nSPS) is 55.2. The molecule has 0 spiro atoms. The van der Waals surface area contributed by atoms with Crippen LogP contribution >= 0.6 is 0 Å². The topological polar surface area (TPSA) is 63.3 Å². The summed E-state index contributed by atoms with van der Waals surface area (Å²) in [4.78, 5) is 11.9. The molecule has 142 valence electrons. The number of carbonyl (C=O) groups is 1. The van der Waals surface area contributed by atoms with Gasteiger partial charge < -0.3 is 10.8 Å². The van der Waals surface area contributed by atoms with Crippen molar-refractivity contribution in [2.45, 2.75) is 96.6 Å². The Hall–Kier alpha value is -0.410. The van der Waals surface area contributed by atoms with Crippen molar-refractivity contribution in [2.75, 3.05) is 0 Å². The Balaban J connectivity index is 1.61. The molecule has 0 heterocycles. The van der Waals surface area contributed by atoms with Gasteiger partial charge in [-0.3, -0.25) is 4.79 Å². The minimum absolute atomic E-state index is 0.0674. The third kappa shape index (κ3) is 2.48. The predicted octanol–water partition coefficient (Wildman–Crippen LogP) is 4.07. The van der Waals surface area contributed by atoms with Gasteiger partial charge in [0.25, 0.3) is 0 Å². The van der Waals surface area contributed by atoms with Gasteiger partial charge in [0.1, 0.15) is 5.78 Å². The highest BCUT2D eigenvalue weighted by Crippen LogP contribution is 2.68. The van der Waals surface area contributed by atoms with E-state index in [9.17, 15) is 9.90 Å². The predicted molar refractivity (Wildman–Crippen MR) is 100.0 cm³/mol. The number of aliphatic hydroxyl groups excluding tert-OH is 1. The lowest BCUT2D eigenvalue weighted by Crippen LogP contribution is -2.59. The summed E-state index contributed by atoms with van der Waals surface area (Å²) in [5.41, 5.74) is 7.17. The van der Waals surface area contributed by atoms with Crippen molar-refractivity contribution in [2.24, 2.45) is 40.2 Å². The minimum Gasteiger partial charge on any atom is -0.393 e. The Morgan fingerprint density at radius 1 is 1.04 bits per heavy atom. The summed E-state index contributed by atoms with van der Waals surface area (Å²) in [6.07, 6.45) is 11.0. The lowest BCUT2D eigenvalue weighted by molar-refractivity contribution is -0.133. The van der Waals surface area contributed by atoms with Crippen LogP contribution in [0.1, 0.15) is 85.0 Å². The number of aliphatic hydroxyl groups is 1. The quantitative estimate of drug-likeness (QED) is 0.791. The Morgan fingerprint density at radius 3 is 2.48 bits per heavy atom. The van der Waals surface area contributed by atoms with Gasteiger partial charge in [-0.25, -0.2) is 0 Å². The fourth-order valence-electron chi connectivity index (χ4n) is 8.14. The smallest absolute Gasteiger partial charge is 0.131 e. The minimum atomic E-state index is -0.283. The summed E-state index contributed by atoms with van der Waals surface area (Å²) in [6.45, 7) is 6.64. The molecule has 3 nitrogen and oxygen atoms in total. The van der Waals surface area contributed by atoms with Gasteiger partial charge >= 0.3 is 0 Å². The fourth-order valence-corrected chi connectivity index (χ4v) is 8.14. The molecule has 5 unspecified atom stereocenters. The molecule has 0 aromatic carbocycles. The fraction of sp³-hybridized carbons (Fsp3) is 0.955. The zero-order valence-electron chi connectivity index (χ0n) is 16.4. The molecular formula is C22H37NO2. The van der Waals surface area contributed by atoms with Gasteiger partial charge in [0.05, 0.1) is 6.10 Å². The molecule has 4 aliphatic rings. The second-order valence-electron chi connectivity index (χ2n) is 10.6. The van der Waals surface area contributed by atoms with E-state index in [1.165, 1.54) is 38.5 Å². The molecule has 0 aromatic rings. The van der Waals surface area contributed by atoms with E-state index in [1.807, 2.05) is 0 Å². The molecule has 4 saturated carbocycles. The second-order valence-corrected chi connectivity index (χ2v) is 10.6. The summed E-state index contributed by atoms with van der Waals surface area (Å²) in [7, 11) is 0. The van der Waals surface area contributed by atoms with Crippen LogP contribution in [0.15, 0.2) is 0 Å². The Morgan fingerprint density at radius 2 is 1.76 bits per heavy atom. The summed E-state index contributed by atoms with van der Waals surface area (Å²) in [5, 5.41) is 10.2. The van der Waals surface area contributed by atoms with Crippen molar-refractivity contribution < 1.29 is 9.90 Å². The highest BCUT2D eigenvalue weighted by molar-refractivity contribution is 5.77. The van der Waals surface area contributed by atoms with Gasteiger partial charge in [-0.15, -0.1) is 0 Å². The van der Waals surface area contributed by atoms with Crippen LogP contribution < -0.4 is 5.73 Å². The van der Waals surface area contributed by atoms with Gasteiger partial charge in [-0.2, -0.15) is 0 Å². The van der Waals surface area contributed by atoms with Gasteiger partial charge in [-0.05, 0) is 99.2 Å². The summed E-state index contributed by atoms with van der Waals surface area (Å²) in [5.74, 6) is 3.25. The first-order chi connectivity index (χ1) is 11.7. The van der Waals surface area contributed by atoms with Crippen LogP contribution in [0.5, 0.6) is 0 Å². The monoisotopic (exact) mass is 347 g/mol. The molecule has 3 N–H and O–H groups in total. The number of carbonyl (C=O) groups excluding carboxylic acids is 1. The number of nitrogens with two attached hydrogens (primary N) is 1. The molecular weight excluding hydrogens is 310 g/mol. The van der Waals surface area contributed by atoms with Gasteiger partial charge in [0, 0.05) is 12.0 Å². The van der Waals surface area contributed by atoms with Crippen LogP contribution in [0.4, 0.5) is 0 Å². The maximum Gasteiger partial charge on any atom is 0.131 e.